The number of hydrogen-bond donors (Lipinski definition) is 1. The van der Waals surface area contributed by atoms with Crippen LogP contribution in [0.5, 0.6) is 0 Å². The zero-order valence-electron chi connectivity index (χ0n) is 10.6. The minimum atomic E-state index is 0.349. The second kappa shape index (κ2) is 7.66. The van der Waals surface area contributed by atoms with Gasteiger partial charge < -0.3 is 10.6 Å². The average molecular weight is 226 g/mol. The standard InChI is InChI=1S/C13H26N2O/c1-2-12-8-4-3-7-11-15(12)13(16)9-5-6-10-14/h12H,2-11,14H2,1H3. The Kier molecular flexibility index (Phi) is 6.46. The highest BCUT2D eigenvalue weighted by Crippen LogP contribution is 2.20. The molecule has 0 aliphatic carbocycles. The molecule has 3 nitrogen and oxygen atoms in total. The zero-order valence-corrected chi connectivity index (χ0v) is 10.6. The van der Waals surface area contributed by atoms with Crippen molar-refractivity contribution in [3.63, 3.8) is 0 Å². The molecule has 1 heterocycles. The molecule has 1 saturated heterocycles. The SMILES string of the molecule is CCC1CCCCCN1C(=O)CCCCN. The molecular formula is C13H26N2O. The molecule has 0 aromatic heterocycles. The van der Waals surface area contributed by atoms with Crippen molar-refractivity contribution in [1.82, 2.24) is 4.90 Å². The van der Waals surface area contributed by atoms with Crippen LogP contribution in [-0.2, 0) is 4.79 Å². The summed E-state index contributed by atoms with van der Waals surface area (Å²) < 4.78 is 0. The normalized spacial score (nSPS) is 21.9. The maximum Gasteiger partial charge on any atom is 0.222 e. The Morgan fingerprint density at radius 1 is 1.31 bits per heavy atom. The quantitative estimate of drug-likeness (QED) is 0.731. The molecule has 0 spiro atoms. The second-order valence-electron chi connectivity index (χ2n) is 4.74. The number of carbonyl (C=O) groups is 1. The van der Waals surface area contributed by atoms with Gasteiger partial charge in [-0.2, -0.15) is 0 Å². The highest BCUT2D eigenvalue weighted by atomic mass is 16.2. The lowest BCUT2D eigenvalue weighted by atomic mass is 10.1. The van der Waals surface area contributed by atoms with E-state index in [1.807, 2.05) is 0 Å². The molecule has 1 rings (SSSR count). The van der Waals surface area contributed by atoms with Crippen molar-refractivity contribution in [3.05, 3.63) is 0 Å². The lowest BCUT2D eigenvalue weighted by Crippen LogP contribution is -2.39. The second-order valence-corrected chi connectivity index (χ2v) is 4.74. The van der Waals surface area contributed by atoms with E-state index >= 15 is 0 Å². The zero-order chi connectivity index (χ0) is 11.8. The topological polar surface area (TPSA) is 46.3 Å². The third-order valence-corrected chi connectivity index (χ3v) is 3.51. The molecule has 94 valence electrons. The fraction of sp³-hybridized carbons (Fsp3) is 0.923. The number of nitrogens with two attached hydrogens (primary N) is 1. The lowest BCUT2D eigenvalue weighted by Gasteiger charge is -2.29. The fourth-order valence-corrected chi connectivity index (χ4v) is 2.49. The third-order valence-electron chi connectivity index (χ3n) is 3.51. The summed E-state index contributed by atoms with van der Waals surface area (Å²) in [7, 11) is 0. The van der Waals surface area contributed by atoms with Gasteiger partial charge in [0.15, 0.2) is 0 Å². The number of amides is 1. The number of likely N-dealkylation sites (tertiary alicyclic amines) is 1. The largest absolute Gasteiger partial charge is 0.340 e. The van der Waals surface area contributed by atoms with E-state index < -0.39 is 0 Å². The van der Waals surface area contributed by atoms with Crippen molar-refractivity contribution in [1.29, 1.82) is 0 Å². The molecule has 1 aliphatic heterocycles. The maximum atomic E-state index is 12.1. The summed E-state index contributed by atoms with van der Waals surface area (Å²) in [6.07, 6.45) is 8.64. The van der Waals surface area contributed by atoms with Crippen LogP contribution >= 0.6 is 0 Å². The van der Waals surface area contributed by atoms with Crippen LogP contribution in [0.25, 0.3) is 0 Å². The van der Waals surface area contributed by atoms with Gasteiger partial charge in [-0.3, -0.25) is 4.79 Å². The van der Waals surface area contributed by atoms with Crippen LogP contribution < -0.4 is 5.73 Å². The Morgan fingerprint density at radius 2 is 2.12 bits per heavy atom. The Hall–Kier alpha value is -0.570. The van der Waals surface area contributed by atoms with Gasteiger partial charge in [0, 0.05) is 19.0 Å². The molecule has 0 aromatic carbocycles. The average Bonchev–Trinajstić information content (AvgIpc) is 2.54. The van der Waals surface area contributed by atoms with Crippen molar-refractivity contribution in [3.8, 4) is 0 Å². The summed E-state index contributed by atoms with van der Waals surface area (Å²) in [6.45, 7) is 3.86. The summed E-state index contributed by atoms with van der Waals surface area (Å²) in [5, 5.41) is 0. The Balaban J connectivity index is 2.42. The van der Waals surface area contributed by atoms with Crippen molar-refractivity contribution in [2.45, 2.75) is 64.3 Å². The van der Waals surface area contributed by atoms with E-state index in [0.717, 1.165) is 25.8 Å². The van der Waals surface area contributed by atoms with Crippen LogP contribution in [0.1, 0.15) is 58.3 Å². The minimum Gasteiger partial charge on any atom is -0.340 e. The molecule has 0 saturated carbocycles. The molecule has 3 heteroatoms. The molecule has 1 amide bonds. The first-order valence-electron chi connectivity index (χ1n) is 6.79. The molecule has 2 N–H and O–H groups in total. The molecule has 0 bridgehead atoms. The van der Waals surface area contributed by atoms with Crippen LogP contribution in [0, 0.1) is 0 Å². The number of hydrogen-bond acceptors (Lipinski definition) is 2. The minimum absolute atomic E-state index is 0.349. The van der Waals surface area contributed by atoms with E-state index in [-0.39, 0.29) is 0 Å². The van der Waals surface area contributed by atoms with Crippen molar-refractivity contribution in [2.75, 3.05) is 13.1 Å². The first-order chi connectivity index (χ1) is 7.79. The number of rotatable bonds is 5. The molecule has 1 unspecified atom stereocenters. The van der Waals surface area contributed by atoms with Gasteiger partial charge in [-0.05, 0) is 38.6 Å². The number of nitrogens with zero attached hydrogens (tertiary/aromatic N) is 1. The maximum absolute atomic E-state index is 12.1. The lowest BCUT2D eigenvalue weighted by molar-refractivity contribution is -0.133. The van der Waals surface area contributed by atoms with Gasteiger partial charge in [-0.15, -0.1) is 0 Å². The van der Waals surface area contributed by atoms with Crippen molar-refractivity contribution < 1.29 is 4.79 Å². The highest BCUT2D eigenvalue weighted by molar-refractivity contribution is 5.76. The van der Waals surface area contributed by atoms with Gasteiger partial charge in [0.05, 0.1) is 0 Å². The van der Waals surface area contributed by atoms with Crippen LogP contribution in [0.2, 0.25) is 0 Å². The van der Waals surface area contributed by atoms with Gasteiger partial charge in [-0.1, -0.05) is 19.8 Å². The van der Waals surface area contributed by atoms with Crippen LogP contribution in [0.3, 0.4) is 0 Å². The smallest absolute Gasteiger partial charge is 0.222 e. The molecular weight excluding hydrogens is 200 g/mol. The van der Waals surface area contributed by atoms with Gasteiger partial charge >= 0.3 is 0 Å². The van der Waals surface area contributed by atoms with E-state index in [1.165, 1.54) is 25.7 Å². The van der Waals surface area contributed by atoms with Crippen LogP contribution in [0.15, 0.2) is 0 Å². The van der Waals surface area contributed by atoms with Gasteiger partial charge in [0.1, 0.15) is 0 Å². The molecule has 1 fully saturated rings. The number of unbranched alkanes of at least 4 members (excludes halogenated alkanes) is 1. The molecule has 1 atom stereocenters. The first kappa shape index (κ1) is 13.5. The van der Waals surface area contributed by atoms with Gasteiger partial charge in [-0.25, -0.2) is 0 Å². The van der Waals surface area contributed by atoms with E-state index in [1.54, 1.807) is 0 Å². The highest BCUT2D eigenvalue weighted by Gasteiger charge is 2.23. The van der Waals surface area contributed by atoms with Crippen molar-refractivity contribution >= 4 is 5.91 Å². The van der Waals surface area contributed by atoms with Gasteiger partial charge in [0.25, 0.3) is 0 Å². The summed E-state index contributed by atoms with van der Waals surface area (Å²) >= 11 is 0. The summed E-state index contributed by atoms with van der Waals surface area (Å²) in [4.78, 5) is 14.2. The number of carbonyl (C=O) groups excluding carboxylic acids is 1. The van der Waals surface area contributed by atoms with Crippen molar-refractivity contribution in [2.24, 2.45) is 5.73 Å². The fourth-order valence-electron chi connectivity index (χ4n) is 2.49. The van der Waals surface area contributed by atoms with Crippen LogP contribution in [-0.4, -0.2) is 29.9 Å². The van der Waals surface area contributed by atoms with E-state index in [2.05, 4.69) is 11.8 Å². The Morgan fingerprint density at radius 3 is 2.81 bits per heavy atom. The molecule has 1 aliphatic rings. The predicted molar refractivity (Wildman–Crippen MR) is 67.2 cm³/mol. The predicted octanol–water partition coefficient (Wildman–Crippen LogP) is 2.30. The Bertz CT molecular complexity index is 206. The first-order valence-corrected chi connectivity index (χ1v) is 6.79. The Labute approximate surface area is 99.4 Å². The molecule has 0 aromatic rings. The summed E-state index contributed by atoms with van der Waals surface area (Å²) in [5.74, 6) is 0.349. The van der Waals surface area contributed by atoms with E-state index in [0.29, 0.717) is 24.9 Å². The molecule has 0 radical (unpaired) electrons. The van der Waals surface area contributed by atoms with Crippen LogP contribution in [0.4, 0.5) is 0 Å². The monoisotopic (exact) mass is 226 g/mol. The third kappa shape index (κ3) is 4.12. The summed E-state index contributed by atoms with van der Waals surface area (Å²) in [5.41, 5.74) is 5.45. The summed E-state index contributed by atoms with van der Waals surface area (Å²) in [6, 6.07) is 0.493. The van der Waals surface area contributed by atoms with E-state index in [4.69, 9.17) is 5.73 Å². The molecule has 16 heavy (non-hydrogen) atoms. The van der Waals surface area contributed by atoms with E-state index in [9.17, 15) is 4.79 Å². The van der Waals surface area contributed by atoms with Gasteiger partial charge in [0.2, 0.25) is 5.91 Å².